The number of halogens is 1. The summed E-state index contributed by atoms with van der Waals surface area (Å²) >= 11 is 0. The third-order valence-electron chi connectivity index (χ3n) is 3.39. The van der Waals surface area contributed by atoms with Crippen LogP contribution in [-0.2, 0) is 4.79 Å². The molecule has 96 valence electrons. The highest BCUT2D eigenvalue weighted by Gasteiger charge is 2.48. The van der Waals surface area contributed by atoms with Crippen molar-refractivity contribution in [3.05, 3.63) is 29.6 Å². The van der Waals surface area contributed by atoms with Crippen LogP contribution in [0.25, 0.3) is 0 Å². The van der Waals surface area contributed by atoms with Crippen molar-refractivity contribution in [2.45, 2.75) is 19.8 Å². The zero-order valence-corrected chi connectivity index (χ0v) is 10.4. The highest BCUT2D eigenvalue weighted by Crippen LogP contribution is 2.45. The van der Waals surface area contributed by atoms with Crippen LogP contribution in [0, 0.1) is 39.8 Å². The summed E-state index contributed by atoms with van der Waals surface area (Å²) in [6.45, 7) is 1.98. The summed E-state index contributed by atoms with van der Waals surface area (Å²) in [5, 5.41) is 20.4. The molecule has 0 atom stereocenters. The number of amides is 1. The molecule has 1 aliphatic carbocycles. The topological polar surface area (TPSA) is 76.7 Å². The number of carbonyl (C=O) groups is 1. The molecular formula is C14H12FN3O. The number of nitrogens with zero attached hydrogens (tertiary/aromatic N) is 2. The Morgan fingerprint density at radius 3 is 2.68 bits per heavy atom. The van der Waals surface area contributed by atoms with Gasteiger partial charge in [-0.3, -0.25) is 4.79 Å². The minimum absolute atomic E-state index is 0.134. The summed E-state index contributed by atoms with van der Waals surface area (Å²) in [5.41, 5.74) is -0.788. The molecule has 0 radical (unpaired) electrons. The number of rotatable bonds is 2. The van der Waals surface area contributed by atoms with E-state index in [4.69, 9.17) is 10.5 Å². The second-order valence-electron chi connectivity index (χ2n) is 4.97. The molecule has 0 spiro atoms. The van der Waals surface area contributed by atoms with Gasteiger partial charge in [0, 0.05) is 5.69 Å². The summed E-state index contributed by atoms with van der Waals surface area (Å²) in [5.74, 6) is -0.662. The predicted molar refractivity (Wildman–Crippen MR) is 66.2 cm³/mol. The molecule has 1 N–H and O–H groups in total. The number of carbonyl (C=O) groups excluding carboxylic acids is 1. The average Bonchev–Trinajstić information content (AvgIpc) is 2.36. The van der Waals surface area contributed by atoms with Gasteiger partial charge in [-0.15, -0.1) is 0 Å². The van der Waals surface area contributed by atoms with Crippen molar-refractivity contribution in [1.82, 2.24) is 0 Å². The molecule has 1 aromatic carbocycles. The van der Waals surface area contributed by atoms with Crippen molar-refractivity contribution in [2.24, 2.45) is 11.3 Å². The molecule has 1 fully saturated rings. The van der Waals surface area contributed by atoms with Crippen molar-refractivity contribution in [2.75, 3.05) is 5.32 Å². The molecule has 5 heteroatoms. The Kier molecular flexibility index (Phi) is 3.23. The van der Waals surface area contributed by atoms with Crippen LogP contribution in [0.2, 0.25) is 0 Å². The van der Waals surface area contributed by atoms with Gasteiger partial charge in [-0.2, -0.15) is 10.5 Å². The Balaban J connectivity index is 2.16. The van der Waals surface area contributed by atoms with E-state index in [0.29, 0.717) is 24.4 Å². The molecule has 1 aliphatic rings. The predicted octanol–water partition coefficient (Wildman–Crippen LogP) is 2.58. The Bertz CT molecular complexity index is 606. The molecule has 1 amide bonds. The highest BCUT2D eigenvalue weighted by atomic mass is 19.1. The number of nitriles is 2. The van der Waals surface area contributed by atoms with Gasteiger partial charge in [-0.1, -0.05) is 6.92 Å². The van der Waals surface area contributed by atoms with Crippen LogP contribution in [0.5, 0.6) is 0 Å². The molecule has 2 rings (SSSR count). The van der Waals surface area contributed by atoms with E-state index in [-0.39, 0.29) is 11.5 Å². The van der Waals surface area contributed by atoms with Crippen molar-refractivity contribution in [1.29, 1.82) is 10.5 Å². The molecular weight excluding hydrogens is 245 g/mol. The van der Waals surface area contributed by atoms with Crippen LogP contribution in [-0.4, -0.2) is 5.91 Å². The van der Waals surface area contributed by atoms with Crippen molar-refractivity contribution < 1.29 is 9.18 Å². The Morgan fingerprint density at radius 1 is 1.47 bits per heavy atom. The van der Waals surface area contributed by atoms with E-state index in [0.717, 1.165) is 6.07 Å². The van der Waals surface area contributed by atoms with Crippen molar-refractivity contribution in [3.8, 4) is 12.1 Å². The van der Waals surface area contributed by atoms with E-state index in [1.807, 2.05) is 6.92 Å². The maximum Gasteiger partial charge on any atom is 0.244 e. The van der Waals surface area contributed by atoms with Crippen molar-refractivity contribution in [3.63, 3.8) is 0 Å². The molecule has 1 saturated carbocycles. The molecule has 0 unspecified atom stereocenters. The molecule has 19 heavy (non-hydrogen) atoms. The maximum atomic E-state index is 13.1. The molecule has 0 aromatic heterocycles. The third-order valence-corrected chi connectivity index (χ3v) is 3.39. The molecule has 0 aliphatic heterocycles. The molecule has 4 nitrogen and oxygen atoms in total. The number of anilines is 1. The SMILES string of the molecule is CC1CC(C#N)(C(=O)Nc2ccc(F)c(C#N)c2)C1. The van der Waals surface area contributed by atoms with Crippen LogP contribution in [0.15, 0.2) is 18.2 Å². The Labute approximate surface area is 110 Å². The van der Waals surface area contributed by atoms with Gasteiger partial charge in [-0.25, -0.2) is 4.39 Å². The van der Waals surface area contributed by atoms with Crippen LogP contribution in [0.3, 0.4) is 0 Å². The van der Waals surface area contributed by atoms with Gasteiger partial charge in [0.15, 0.2) is 0 Å². The minimum atomic E-state index is -0.986. The first-order chi connectivity index (χ1) is 9.00. The number of hydrogen-bond acceptors (Lipinski definition) is 3. The van der Waals surface area contributed by atoms with Crippen molar-refractivity contribution >= 4 is 11.6 Å². The standard InChI is InChI=1S/C14H12FN3O/c1-9-5-14(6-9,8-17)13(19)18-11-2-3-12(15)10(4-11)7-16/h2-4,9H,5-6H2,1H3,(H,18,19). The van der Waals surface area contributed by atoms with Crippen LogP contribution < -0.4 is 5.32 Å². The average molecular weight is 257 g/mol. The molecule has 0 heterocycles. The fourth-order valence-corrected chi connectivity index (χ4v) is 2.40. The Morgan fingerprint density at radius 2 is 2.16 bits per heavy atom. The van der Waals surface area contributed by atoms with Gasteiger partial charge in [0.1, 0.15) is 17.3 Å². The van der Waals surface area contributed by atoms with Crippen LogP contribution >= 0.6 is 0 Å². The third kappa shape index (κ3) is 2.28. The molecule has 0 bridgehead atoms. The summed E-state index contributed by atoms with van der Waals surface area (Å²) in [6, 6.07) is 7.52. The summed E-state index contributed by atoms with van der Waals surface area (Å²) in [7, 11) is 0. The Hall–Kier alpha value is -2.40. The first kappa shape index (κ1) is 13.0. The van der Waals surface area contributed by atoms with E-state index in [9.17, 15) is 9.18 Å². The summed E-state index contributed by atoms with van der Waals surface area (Å²) in [4.78, 5) is 12.1. The van der Waals surface area contributed by atoms with E-state index in [1.54, 1.807) is 6.07 Å². The van der Waals surface area contributed by atoms with E-state index >= 15 is 0 Å². The zero-order chi connectivity index (χ0) is 14.0. The van der Waals surface area contributed by atoms with Crippen LogP contribution in [0.4, 0.5) is 10.1 Å². The molecule has 1 aromatic rings. The van der Waals surface area contributed by atoms with Gasteiger partial charge in [0.05, 0.1) is 11.6 Å². The molecule has 0 saturated heterocycles. The van der Waals surface area contributed by atoms with Gasteiger partial charge in [0.2, 0.25) is 5.91 Å². The summed E-state index contributed by atoms with van der Waals surface area (Å²) < 4.78 is 13.1. The second-order valence-corrected chi connectivity index (χ2v) is 4.97. The number of benzene rings is 1. The second kappa shape index (κ2) is 4.70. The van der Waals surface area contributed by atoms with Gasteiger partial charge in [0.25, 0.3) is 0 Å². The number of nitrogens with one attached hydrogen (secondary N) is 1. The smallest absolute Gasteiger partial charge is 0.244 e. The quantitative estimate of drug-likeness (QED) is 0.884. The largest absolute Gasteiger partial charge is 0.325 e. The monoisotopic (exact) mass is 257 g/mol. The fourth-order valence-electron chi connectivity index (χ4n) is 2.40. The normalized spacial score (nSPS) is 24.7. The first-order valence-corrected chi connectivity index (χ1v) is 5.93. The van der Waals surface area contributed by atoms with Crippen LogP contribution in [0.1, 0.15) is 25.3 Å². The fraction of sp³-hybridized carbons (Fsp3) is 0.357. The lowest BCUT2D eigenvalue weighted by molar-refractivity contribution is -0.128. The first-order valence-electron chi connectivity index (χ1n) is 5.93. The van der Waals surface area contributed by atoms with E-state index in [2.05, 4.69) is 11.4 Å². The van der Waals surface area contributed by atoms with Gasteiger partial charge >= 0.3 is 0 Å². The maximum absolute atomic E-state index is 13.1. The minimum Gasteiger partial charge on any atom is -0.325 e. The zero-order valence-electron chi connectivity index (χ0n) is 10.4. The van der Waals surface area contributed by atoms with E-state index in [1.165, 1.54) is 12.1 Å². The lowest BCUT2D eigenvalue weighted by Crippen LogP contribution is -2.45. The van der Waals surface area contributed by atoms with Gasteiger partial charge < -0.3 is 5.32 Å². The van der Waals surface area contributed by atoms with E-state index < -0.39 is 11.2 Å². The number of hydrogen-bond donors (Lipinski definition) is 1. The lowest BCUT2D eigenvalue weighted by Gasteiger charge is -2.39. The van der Waals surface area contributed by atoms with Gasteiger partial charge in [-0.05, 0) is 37.0 Å². The highest BCUT2D eigenvalue weighted by molar-refractivity contribution is 5.98. The lowest BCUT2D eigenvalue weighted by atomic mass is 9.63. The summed E-state index contributed by atoms with van der Waals surface area (Å²) in [6.07, 6.45) is 1.06.